The van der Waals surface area contributed by atoms with Gasteiger partial charge < -0.3 is 5.32 Å². The summed E-state index contributed by atoms with van der Waals surface area (Å²) in [5.41, 5.74) is 0.301. The van der Waals surface area contributed by atoms with Crippen molar-refractivity contribution in [3.05, 3.63) is 34.1 Å². The first-order chi connectivity index (χ1) is 9.07. The second-order valence-electron chi connectivity index (χ2n) is 5.26. The first-order valence-electron chi connectivity index (χ1n) is 6.79. The van der Waals surface area contributed by atoms with Crippen molar-refractivity contribution in [1.82, 2.24) is 5.32 Å². The summed E-state index contributed by atoms with van der Waals surface area (Å²) in [7, 11) is 0. The van der Waals surface area contributed by atoms with E-state index in [2.05, 4.69) is 28.2 Å². The minimum absolute atomic E-state index is 0.0758. The molecule has 0 radical (unpaired) electrons. The van der Waals surface area contributed by atoms with Gasteiger partial charge in [0.1, 0.15) is 5.82 Å². The fraction of sp³-hybridized carbons (Fsp3) is 0.533. The molecular weight excluding hydrogens is 309 g/mol. The molecule has 104 valence electrons. The molecule has 4 heteroatoms. The van der Waals surface area contributed by atoms with Gasteiger partial charge in [0, 0.05) is 22.0 Å². The molecular formula is C15H19BrFNO. The quantitative estimate of drug-likeness (QED) is 0.883. The van der Waals surface area contributed by atoms with E-state index in [-0.39, 0.29) is 23.7 Å². The average molecular weight is 328 g/mol. The highest BCUT2D eigenvalue weighted by Crippen LogP contribution is 2.41. The first-order valence-corrected chi connectivity index (χ1v) is 7.59. The number of halogens is 2. The van der Waals surface area contributed by atoms with Gasteiger partial charge in [0.2, 0.25) is 5.91 Å². The van der Waals surface area contributed by atoms with Gasteiger partial charge in [0.25, 0.3) is 0 Å². The lowest BCUT2D eigenvalue weighted by Crippen LogP contribution is -2.38. The Labute approximate surface area is 121 Å². The second-order valence-corrected chi connectivity index (χ2v) is 6.18. The lowest BCUT2D eigenvalue weighted by Gasteiger charge is -2.26. The number of nitrogens with one attached hydrogen (secondary N) is 1. The van der Waals surface area contributed by atoms with Gasteiger partial charge in [-0.2, -0.15) is 0 Å². The van der Waals surface area contributed by atoms with Crippen LogP contribution in [0.15, 0.2) is 22.7 Å². The topological polar surface area (TPSA) is 29.1 Å². The zero-order valence-corrected chi connectivity index (χ0v) is 12.7. The Balaban J connectivity index is 2.02. The summed E-state index contributed by atoms with van der Waals surface area (Å²) in [6.45, 7) is 2.32. The molecule has 1 N–H and O–H groups in total. The average Bonchev–Trinajstić information content (AvgIpc) is 2.89. The smallest absolute Gasteiger partial charge is 0.226 e. The van der Waals surface area contributed by atoms with Gasteiger partial charge in [0.05, 0.1) is 0 Å². The minimum atomic E-state index is -0.277. The van der Waals surface area contributed by atoms with Crippen molar-refractivity contribution in [2.24, 2.45) is 5.41 Å². The van der Waals surface area contributed by atoms with Crippen LogP contribution in [0.5, 0.6) is 0 Å². The highest BCUT2D eigenvalue weighted by Gasteiger charge is 2.38. The zero-order valence-electron chi connectivity index (χ0n) is 11.1. The van der Waals surface area contributed by atoms with Crippen LogP contribution in [0.2, 0.25) is 0 Å². The molecule has 2 nitrogen and oxygen atoms in total. The lowest BCUT2D eigenvalue weighted by atomic mass is 9.82. The number of benzene rings is 1. The van der Waals surface area contributed by atoms with Gasteiger partial charge in [-0.1, -0.05) is 35.7 Å². The highest BCUT2D eigenvalue weighted by molar-refractivity contribution is 9.10. The summed E-state index contributed by atoms with van der Waals surface area (Å²) < 4.78 is 14.4. The fourth-order valence-corrected chi connectivity index (χ4v) is 3.24. The molecule has 1 aliphatic carbocycles. The molecule has 2 rings (SSSR count). The van der Waals surface area contributed by atoms with Gasteiger partial charge in [0.15, 0.2) is 0 Å². The van der Waals surface area contributed by atoms with Crippen LogP contribution in [0, 0.1) is 11.2 Å². The van der Waals surface area contributed by atoms with Crippen molar-refractivity contribution in [3.8, 4) is 0 Å². The van der Waals surface area contributed by atoms with Gasteiger partial charge in [-0.05, 0) is 37.5 Å². The molecule has 1 amide bonds. The van der Waals surface area contributed by atoms with Crippen LogP contribution in [0.25, 0.3) is 0 Å². The molecule has 1 aliphatic rings. The van der Waals surface area contributed by atoms with Crippen molar-refractivity contribution >= 4 is 21.8 Å². The Kier molecular flexibility index (Phi) is 4.61. The van der Waals surface area contributed by atoms with Crippen molar-refractivity contribution in [1.29, 1.82) is 0 Å². The fourth-order valence-electron chi connectivity index (χ4n) is 2.83. The second kappa shape index (κ2) is 6.04. The molecule has 0 aliphatic heterocycles. The third-order valence-corrected chi connectivity index (χ3v) is 4.66. The van der Waals surface area contributed by atoms with Crippen LogP contribution in [-0.2, 0) is 11.3 Å². The molecule has 0 atom stereocenters. The van der Waals surface area contributed by atoms with E-state index < -0.39 is 0 Å². The molecule has 1 aromatic carbocycles. The van der Waals surface area contributed by atoms with Gasteiger partial charge in [-0.25, -0.2) is 4.39 Å². The Bertz CT molecular complexity index is 469. The van der Waals surface area contributed by atoms with E-state index in [9.17, 15) is 9.18 Å². The first kappa shape index (κ1) is 14.5. The maximum absolute atomic E-state index is 13.6. The molecule has 1 fully saturated rings. The number of carbonyl (C=O) groups excluding carboxylic acids is 1. The molecule has 0 heterocycles. The van der Waals surface area contributed by atoms with E-state index in [1.54, 1.807) is 12.1 Å². The Morgan fingerprint density at radius 3 is 2.74 bits per heavy atom. The van der Waals surface area contributed by atoms with E-state index in [0.717, 1.165) is 36.6 Å². The summed E-state index contributed by atoms with van der Waals surface area (Å²) in [5.74, 6) is -0.202. The Hall–Kier alpha value is -0.900. The highest BCUT2D eigenvalue weighted by atomic mass is 79.9. The third-order valence-electron chi connectivity index (χ3n) is 4.17. The SMILES string of the molecule is CCC1(C(=O)NCc2cc(Br)ccc2F)CCCC1. The van der Waals surface area contributed by atoms with Gasteiger partial charge >= 0.3 is 0 Å². The van der Waals surface area contributed by atoms with Crippen LogP contribution in [0.3, 0.4) is 0 Å². The molecule has 0 aromatic heterocycles. The summed E-state index contributed by atoms with van der Waals surface area (Å²) in [6, 6.07) is 4.78. The van der Waals surface area contributed by atoms with Crippen molar-refractivity contribution < 1.29 is 9.18 Å². The van der Waals surface area contributed by atoms with Crippen LogP contribution < -0.4 is 5.32 Å². The Morgan fingerprint density at radius 2 is 2.11 bits per heavy atom. The van der Waals surface area contributed by atoms with Crippen molar-refractivity contribution in [3.63, 3.8) is 0 Å². The molecule has 0 saturated heterocycles. The molecule has 1 aromatic rings. The molecule has 1 saturated carbocycles. The van der Waals surface area contributed by atoms with E-state index >= 15 is 0 Å². The predicted octanol–water partition coefficient (Wildman–Crippen LogP) is 4.17. The largest absolute Gasteiger partial charge is 0.351 e. The van der Waals surface area contributed by atoms with Crippen LogP contribution in [-0.4, -0.2) is 5.91 Å². The maximum atomic E-state index is 13.6. The predicted molar refractivity (Wildman–Crippen MR) is 77.1 cm³/mol. The summed E-state index contributed by atoms with van der Waals surface area (Å²) in [6.07, 6.45) is 5.01. The monoisotopic (exact) mass is 327 g/mol. The van der Waals surface area contributed by atoms with Crippen LogP contribution in [0.1, 0.15) is 44.6 Å². The van der Waals surface area contributed by atoms with Gasteiger partial charge in [-0.15, -0.1) is 0 Å². The van der Waals surface area contributed by atoms with E-state index in [4.69, 9.17) is 0 Å². The zero-order chi connectivity index (χ0) is 13.9. The number of carbonyl (C=O) groups is 1. The van der Waals surface area contributed by atoms with E-state index in [1.165, 1.54) is 6.07 Å². The normalized spacial score (nSPS) is 17.4. The van der Waals surface area contributed by atoms with Crippen molar-refractivity contribution in [2.75, 3.05) is 0 Å². The molecule has 0 unspecified atom stereocenters. The van der Waals surface area contributed by atoms with Gasteiger partial charge in [-0.3, -0.25) is 4.79 Å². The summed E-state index contributed by atoms with van der Waals surface area (Å²) in [4.78, 5) is 12.3. The molecule has 0 spiro atoms. The Morgan fingerprint density at radius 1 is 1.42 bits per heavy atom. The maximum Gasteiger partial charge on any atom is 0.226 e. The number of amides is 1. The summed E-state index contributed by atoms with van der Waals surface area (Å²) in [5, 5.41) is 2.90. The third kappa shape index (κ3) is 3.16. The molecule has 19 heavy (non-hydrogen) atoms. The van der Waals surface area contributed by atoms with Crippen LogP contribution >= 0.6 is 15.9 Å². The van der Waals surface area contributed by atoms with Crippen molar-refractivity contribution in [2.45, 2.75) is 45.6 Å². The summed E-state index contributed by atoms with van der Waals surface area (Å²) >= 11 is 3.31. The lowest BCUT2D eigenvalue weighted by molar-refractivity contribution is -0.131. The molecule has 0 bridgehead atoms. The van der Waals surface area contributed by atoms with E-state index in [1.807, 2.05) is 0 Å². The number of hydrogen-bond donors (Lipinski definition) is 1. The van der Waals surface area contributed by atoms with Crippen LogP contribution in [0.4, 0.5) is 4.39 Å². The minimum Gasteiger partial charge on any atom is -0.351 e. The number of rotatable bonds is 4. The standard InChI is InChI=1S/C15H19BrFNO/c1-2-15(7-3-4-8-15)14(19)18-10-11-9-12(16)5-6-13(11)17/h5-6,9H,2-4,7-8,10H2,1H3,(H,18,19). The van der Waals surface area contributed by atoms with E-state index in [0.29, 0.717) is 5.56 Å². The number of hydrogen-bond acceptors (Lipinski definition) is 1.